The first-order valence-corrected chi connectivity index (χ1v) is 7.58. The number of nitrogens with zero attached hydrogens (tertiary/aromatic N) is 1. The van der Waals surface area contributed by atoms with Crippen molar-refractivity contribution in [2.45, 2.75) is 6.54 Å². The van der Waals surface area contributed by atoms with Crippen LogP contribution in [-0.2, 0) is 16.6 Å². The largest absolute Gasteiger partial charge is 0.495 e. The van der Waals surface area contributed by atoms with Crippen molar-refractivity contribution >= 4 is 10.0 Å². The molecule has 19 heavy (non-hydrogen) atoms. The highest BCUT2D eigenvalue weighted by Crippen LogP contribution is 2.18. The number of methoxy groups -OCH3 is 1. The Kier molecular flexibility index (Phi) is 5.76. The Balaban J connectivity index is 2.44. The van der Waals surface area contributed by atoms with Crippen molar-refractivity contribution in [3.8, 4) is 11.8 Å². The topological polar surface area (TPSA) is 91.2 Å². The van der Waals surface area contributed by atoms with E-state index in [4.69, 9.17) is 10.00 Å². The van der Waals surface area contributed by atoms with Crippen molar-refractivity contribution in [1.29, 1.82) is 5.26 Å². The van der Waals surface area contributed by atoms with E-state index in [9.17, 15) is 8.42 Å². The Morgan fingerprint density at radius 3 is 2.68 bits per heavy atom. The number of hydrogen-bond acceptors (Lipinski definition) is 5. The lowest BCUT2D eigenvalue weighted by Crippen LogP contribution is -2.30. The first kappa shape index (κ1) is 15.4. The van der Waals surface area contributed by atoms with Gasteiger partial charge in [0.05, 0.1) is 18.9 Å². The Morgan fingerprint density at radius 2 is 2.11 bits per heavy atom. The molecule has 0 unspecified atom stereocenters. The molecule has 0 saturated heterocycles. The van der Waals surface area contributed by atoms with Gasteiger partial charge in [0.2, 0.25) is 10.0 Å². The zero-order chi connectivity index (χ0) is 14.3. The molecule has 0 spiro atoms. The number of benzene rings is 1. The van der Waals surface area contributed by atoms with Gasteiger partial charge in [-0.1, -0.05) is 6.07 Å². The van der Waals surface area contributed by atoms with Crippen LogP contribution in [0.4, 0.5) is 0 Å². The van der Waals surface area contributed by atoms with E-state index in [0.717, 1.165) is 11.8 Å². The van der Waals surface area contributed by atoms with E-state index in [1.807, 2.05) is 12.1 Å². The lowest BCUT2D eigenvalue weighted by atomic mass is 10.1. The van der Waals surface area contributed by atoms with E-state index in [1.54, 1.807) is 12.1 Å². The van der Waals surface area contributed by atoms with Crippen molar-refractivity contribution in [2.75, 3.05) is 26.5 Å². The molecule has 0 aliphatic carbocycles. The summed E-state index contributed by atoms with van der Waals surface area (Å²) in [5.74, 6) is 0.538. The molecule has 1 aromatic carbocycles. The van der Waals surface area contributed by atoms with E-state index in [2.05, 4.69) is 10.0 Å². The van der Waals surface area contributed by atoms with Crippen molar-refractivity contribution in [1.82, 2.24) is 10.0 Å². The second kappa shape index (κ2) is 7.09. The van der Waals surface area contributed by atoms with Gasteiger partial charge in [-0.2, -0.15) is 5.26 Å². The fourth-order valence-corrected chi connectivity index (χ4v) is 1.97. The maximum absolute atomic E-state index is 10.8. The summed E-state index contributed by atoms with van der Waals surface area (Å²) in [4.78, 5) is 0. The smallest absolute Gasteiger partial charge is 0.208 e. The summed E-state index contributed by atoms with van der Waals surface area (Å²) in [5.41, 5.74) is 1.46. The van der Waals surface area contributed by atoms with E-state index >= 15 is 0 Å². The average Bonchev–Trinajstić information content (AvgIpc) is 2.36. The molecule has 104 valence electrons. The van der Waals surface area contributed by atoms with Gasteiger partial charge in [-0.3, -0.25) is 0 Å². The Morgan fingerprint density at radius 1 is 1.37 bits per heavy atom. The molecule has 6 nitrogen and oxygen atoms in total. The number of nitriles is 1. The molecular weight excluding hydrogens is 266 g/mol. The average molecular weight is 283 g/mol. The van der Waals surface area contributed by atoms with Gasteiger partial charge in [-0.15, -0.1) is 0 Å². The molecule has 2 N–H and O–H groups in total. The van der Waals surface area contributed by atoms with Crippen molar-refractivity contribution in [3.63, 3.8) is 0 Å². The normalized spacial score (nSPS) is 11.0. The van der Waals surface area contributed by atoms with Crippen molar-refractivity contribution in [2.24, 2.45) is 0 Å². The molecule has 0 radical (unpaired) electrons. The third-order valence-corrected chi connectivity index (χ3v) is 3.11. The van der Waals surface area contributed by atoms with Gasteiger partial charge in [0.1, 0.15) is 11.8 Å². The van der Waals surface area contributed by atoms with Gasteiger partial charge in [0.15, 0.2) is 0 Å². The predicted molar refractivity (Wildman–Crippen MR) is 72.3 cm³/mol. The molecule has 0 saturated carbocycles. The molecule has 1 rings (SSSR count). The van der Waals surface area contributed by atoms with Gasteiger partial charge >= 0.3 is 0 Å². The fourth-order valence-electron chi connectivity index (χ4n) is 1.50. The van der Waals surface area contributed by atoms with E-state index < -0.39 is 10.0 Å². The van der Waals surface area contributed by atoms with E-state index in [1.165, 1.54) is 7.11 Å². The molecule has 0 bridgehead atoms. The summed E-state index contributed by atoms with van der Waals surface area (Å²) in [5, 5.41) is 11.9. The molecular formula is C12H17N3O3S. The quantitative estimate of drug-likeness (QED) is 0.698. The van der Waals surface area contributed by atoms with Crippen LogP contribution < -0.4 is 14.8 Å². The summed E-state index contributed by atoms with van der Waals surface area (Å²) in [6, 6.07) is 7.36. The van der Waals surface area contributed by atoms with Crippen LogP contribution in [0.15, 0.2) is 18.2 Å². The number of nitrogens with one attached hydrogen (secondary N) is 2. The van der Waals surface area contributed by atoms with Crippen LogP contribution in [0.5, 0.6) is 5.75 Å². The number of sulfonamides is 1. The highest BCUT2D eigenvalue weighted by Gasteiger charge is 2.03. The first-order chi connectivity index (χ1) is 8.96. The lowest BCUT2D eigenvalue weighted by molar-refractivity contribution is 0.412. The van der Waals surface area contributed by atoms with Crippen LogP contribution in [0.25, 0.3) is 0 Å². The zero-order valence-corrected chi connectivity index (χ0v) is 11.8. The number of hydrogen-bond donors (Lipinski definition) is 2. The van der Waals surface area contributed by atoms with Gasteiger partial charge in [-0.25, -0.2) is 13.1 Å². The highest BCUT2D eigenvalue weighted by molar-refractivity contribution is 7.88. The summed E-state index contributed by atoms with van der Waals surface area (Å²) < 4.78 is 29.2. The summed E-state index contributed by atoms with van der Waals surface area (Å²) in [6.07, 6.45) is 1.12. The number of rotatable bonds is 7. The maximum atomic E-state index is 10.8. The van der Waals surface area contributed by atoms with Crippen molar-refractivity contribution < 1.29 is 13.2 Å². The third-order valence-electron chi connectivity index (χ3n) is 2.38. The lowest BCUT2D eigenvalue weighted by Gasteiger charge is -2.08. The minimum Gasteiger partial charge on any atom is -0.495 e. The molecule has 0 amide bonds. The molecule has 7 heteroatoms. The SMILES string of the molecule is COc1cc(CNCCNS(C)(=O)=O)ccc1C#N. The van der Waals surface area contributed by atoms with Crippen LogP contribution in [0.1, 0.15) is 11.1 Å². The summed E-state index contributed by atoms with van der Waals surface area (Å²) >= 11 is 0. The molecule has 0 heterocycles. The van der Waals surface area contributed by atoms with Gasteiger partial charge in [0.25, 0.3) is 0 Å². The molecule has 0 aromatic heterocycles. The van der Waals surface area contributed by atoms with Gasteiger partial charge < -0.3 is 10.1 Å². The summed E-state index contributed by atoms with van der Waals surface area (Å²) in [7, 11) is -1.62. The minimum atomic E-state index is -3.13. The molecule has 0 aliphatic heterocycles. The Bertz CT molecular complexity index is 564. The monoisotopic (exact) mass is 283 g/mol. The summed E-state index contributed by atoms with van der Waals surface area (Å²) in [6.45, 7) is 1.44. The molecule has 0 fully saturated rings. The van der Waals surface area contributed by atoms with Crippen molar-refractivity contribution in [3.05, 3.63) is 29.3 Å². The van der Waals surface area contributed by atoms with Gasteiger partial charge in [0, 0.05) is 19.6 Å². The second-order valence-corrected chi connectivity index (χ2v) is 5.82. The van der Waals surface area contributed by atoms with Crippen LogP contribution in [0.2, 0.25) is 0 Å². The number of ether oxygens (including phenoxy) is 1. The highest BCUT2D eigenvalue weighted by atomic mass is 32.2. The fraction of sp³-hybridized carbons (Fsp3) is 0.417. The van der Waals surface area contributed by atoms with E-state index in [-0.39, 0.29) is 0 Å². The van der Waals surface area contributed by atoms with Gasteiger partial charge in [-0.05, 0) is 17.7 Å². The van der Waals surface area contributed by atoms with Crippen LogP contribution in [-0.4, -0.2) is 34.9 Å². The molecule has 1 aromatic rings. The standard InChI is InChI=1S/C12H17N3O3S/c1-18-12-7-10(3-4-11(12)8-13)9-14-5-6-15-19(2,16)17/h3-4,7,14-15H,5-6,9H2,1-2H3. The molecule has 0 atom stereocenters. The predicted octanol–water partition coefficient (Wildman–Crippen LogP) is 0.206. The second-order valence-electron chi connectivity index (χ2n) is 3.99. The third kappa shape index (κ3) is 5.70. The van der Waals surface area contributed by atoms with Crippen LogP contribution in [0.3, 0.4) is 0 Å². The first-order valence-electron chi connectivity index (χ1n) is 5.68. The van der Waals surface area contributed by atoms with E-state index in [0.29, 0.717) is 30.9 Å². The van der Waals surface area contributed by atoms with Crippen LogP contribution in [0, 0.1) is 11.3 Å². The maximum Gasteiger partial charge on any atom is 0.208 e. The molecule has 0 aliphatic rings. The minimum absolute atomic E-state index is 0.340. The Labute approximate surface area is 113 Å². The zero-order valence-electron chi connectivity index (χ0n) is 10.9. The Hall–Kier alpha value is -1.62. The van der Waals surface area contributed by atoms with Crippen LogP contribution >= 0.6 is 0 Å².